The van der Waals surface area contributed by atoms with Crippen molar-refractivity contribution in [2.24, 2.45) is 0 Å². The Morgan fingerprint density at radius 3 is 0.867 bits per heavy atom. The Balaban J connectivity index is 0.000000154. The predicted molar refractivity (Wildman–Crippen MR) is 550 cm³/mol. The zero-order valence-corrected chi connectivity index (χ0v) is 83.0. The van der Waals surface area contributed by atoms with Gasteiger partial charge in [-0.2, -0.15) is 33.7 Å². The maximum Gasteiger partial charge on any atom is 0.354 e. The van der Waals surface area contributed by atoms with Crippen LogP contribution in [0.1, 0.15) is 146 Å². The lowest BCUT2D eigenvalue weighted by atomic mass is 9.92. The van der Waals surface area contributed by atoms with Gasteiger partial charge in [-0.1, -0.05) is 229 Å². The van der Waals surface area contributed by atoms with E-state index in [2.05, 4.69) is 88.4 Å². The molecule has 0 atom stereocenters. The van der Waals surface area contributed by atoms with Gasteiger partial charge in [0.1, 0.15) is 22.8 Å². The lowest BCUT2D eigenvalue weighted by Gasteiger charge is -2.21. The number of carbonyl (C=O) groups excluding carboxylic acids is 4. The highest BCUT2D eigenvalue weighted by Gasteiger charge is 2.34. The van der Waals surface area contributed by atoms with E-state index in [0.717, 1.165) is 197 Å². The molecule has 143 heavy (non-hydrogen) atoms. The topological polar surface area (TPSA) is 393 Å². The molecule has 8 aromatic carbocycles. The summed E-state index contributed by atoms with van der Waals surface area (Å²) in [4.78, 5) is 116. The van der Waals surface area contributed by atoms with Crippen molar-refractivity contribution in [3.05, 3.63) is 420 Å². The average molecular weight is 2020 g/mol. The van der Waals surface area contributed by atoms with E-state index in [1.165, 1.54) is 12.7 Å². The third-order valence-electron chi connectivity index (χ3n) is 24.7. The number of halogens is 1. The van der Waals surface area contributed by atoms with Crippen LogP contribution in [-0.4, -0.2) is 123 Å². The van der Waals surface area contributed by atoms with E-state index in [1.807, 2.05) is 251 Å². The minimum Gasteiger partial charge on any atom is -0.464 e. The molecule has 4 aliphatic carbocycles. The molecular formula is C110H99ClN8O20S4. The van der Waals surface area contributed by atoms with Gasteiger partial charge in [0.15, 0.2) is 0 Å². The molecule has 8 heterocycles. The fourth-order valence-corrected chi connectivity index (χ4v) is 18.5. The van der Waals surface area contributed by atoms with E-state index in [9.17, 15) is 38.4 Å². The van der Waals surface area contributed by atoms with Gasteiger partial charge in [0.2, 0.25) is 0 Å². The van der Waals surface area contributed by atoms with E-state index in [4.69, 9.17) is 64.2 Å². The van der Waals surface area contributed by atoms with Gasteiger partial charge in [0.05, 0.1) is 72.5 Å². The smallest absolute Gasteiger partial charge is 0.354 e. The number of benzene rings is 8. The van der Waals surface area contributed by atoms with Crippen molar-refractivity contribution in [1.29, 1.82) is 0 Å². The molecule has 0 saturated heterocycles. The monoisotopic (exact) mass is 2010 g/mol. The summed E-state index contributed by atoms with van der Waals surface area (Å²) < 4.78 is 95.4. The number of aromatic nitrogens is 8. The van der Waals surface area contributed by atoms with E-state index >= 15 is 0 Å². The molecule has 0 saturated carbocycles. The number of carbonyl (C=O) groups is 4. The molecule has 28 nitrogen and oxygen atoms in total. The number of H-pyrrole nitrogens is 4. The maximum absolute atomic E-state index is 13.1. The largest absolute Gasteiger partial charge is 0.464 e. The van der Waals surface area contributed by atoms with Crippen LogP contribution in [0.4, 0.5) is 0 Å². The number of hydrogen-bond acceptors (Lipinski definition) is 20. The third kappa shape index (κ3) is 24.8. The van der Waals surface area contributed by atoms with E-state index in [0.29, 0.717) is 96.1 Å². The average Bonchev–Trinajstić information content (AvgIpc) is 1.61. The van der Waals surface area contributed by atoms with Crippen LogP contribution in [0.3, 0.4) is 0 Å². The zero-order valence-electron chi connectivity index (χ0n) is 79.0. The second-order valence-electron chi connectivity index (χ2n) is 33.5. The van der Waals surface area contributed by atoms with Crippen LogP contribution in [0.5, 0.6) is 0 Å². The third-order valence-corrected chi connectivity index (χ3v) is 25.0. The SMILES string of the molecule is CCOC(=O)c1cc2c(n1Cc1ccc(Cl)cc1)-c1[nH]c(=O)c(-c3ccccc3)cc1CC2.CCOC(=O)c1cc2c(n1Cc1cccc(C)c1)-c1[nH]c(=O)c(-c3ccccc3)cc1CC2.CCOC(=O)c1cc2c(n1Cc1ccccc1C)-c1[nH]c(=O)c(-c3ccccc3)cc1CC2.COC(=O)c1cc2c(n1Cc1ccc(C)cc1)-c1[nH]c(=O)c(-c3ccccc3)cc1CC2.O=S=O.O=S=O.O=S=O.O=S=O. The first-order valence-corrected chi connectivity index (χ1v) is 48.8. The van der Waals surface area contributed by atoms with Crippen LogP contribution >= 0.6 is 11.6 Å². The number of nitrogens with zero attached hydrogens (tertiary/aromatic N) is 4. The van der Waals surface area contributed by atoms with Crippen LogP contribution in [0, 0.1) is 20.8 Å². The zero-order chi connectivity index (χ0) is 102. The molecule has 0 aliphatic heterocycles. The fourth-order valence-electron chi connectivity index (χ4n) is 18.3. The number of hydrogen-bond donors (Lipinski definition) is 4. The van der Waals surface area contributed by atoms with Crippen molar-refractivity contribution in [2.75, 3.05) is 26.9 Å². The lowest BCUT2D eigenvalue weighted by molar-refractivity contribution is 0.0505. The number of aryl methyl sites for hydroxylation is 11. The molecule has 20 rings (SSSR count). The Hall–Kier alpha value is -15.9. The van der Waals surface area contributed by atoms with E-state index in [1.54, 1.807) is 6.92 Å². The molecule has 0 bridgehead atoms. The summed E-state index contributed by atoms with van der Waals surface area (Å²) in [7, 11) is 1.40. The van der Waals surface area contributed by atoms with Crippen LogP contribution in [0.15, 0.2) is 286 Å². The molecular weight excluding hydrogens is 1920 g/mol. The Kier molecular flexibility index (Phi) is 36.4. The van der Waals surface area contributed by atoms with Gasteiger partial charge >= 0.3 is 70.2 Å². The molecule has 0 fully saturated rings. The van der Waals surface area contributed by atoms with Gasteiger partial charge in [0, 0.05) is 53.5 Å². The van der Waals surface area contributed by atoms with Crippen molar-refractivity contribution in [3.63, 3.8) is 0 Å². The number of ether oxygens (including phenoxy) is 4. The quantitative estimate of drug-likeness (QED) is 0.0431. The van der Waals surface area contributed by atoms with Crippen molar-refractivity contribution in [2.45, 2.75) is 119 Å². The first-order chi connectivity index (χ1) is 69.4. The summed E-state index contributed by atoms with van der Waals surface area (Å²) in [5.74, 6) is -1.43. The van der Waals surface area contributed by atoms with Crippen molar-refractivity contribution in [3.8, 4) is 90.1 Å². The predicted octanol–water partition coefficient (Wildman–Crippen LogP) is 17.8. The Bertz CT molecular complexity index is 7730. The molecule has 0 unspecified atom stereocenters. The van der Waals surface area contributed by atoms with E-state index < -0.39 is 46.3 Å². The number of aromatic amines is 4. The molecule has 4 aliphatic rings. The van der Waals surface area contributed by atoms with Crippen LogP contribution in [0.2, 0.25) is 5.02 Å². The highest BCUT2D eigenvalue weighted by atomic mass is 35.5. The van der Waals surface area contributed by atoms with Crippen LogP contribution in [-0.2, 0) is 143 Å². The number of pyridine rings is 4. The standard InChI is InChI=1S/2C28H26N2O3.C27H23ClN2O3.C27H24N2O3.4O2S/c1-3-33-28(32)24-16-22-13-12-21-15-23(20-10-5-4-6-11-20)27(31)29-25(21)26(22)30(24)17-19-9-7-8-18(2)14-19;1-3-33-28(32)24-16-21-14-13-20-15-23(19-10-5-4-6-11-19)27(31)29-25(20)26(21)30(24)17-22-12-8-7-9-18(22)2;1-2-33-27(32)23-15-20-11-10-19-14-22(18-6-4-3-5-7-18)26(31)29-24(19)25(20)30(23)16-17-8-12-21(28)13-9-17;1-17-8-10-18(11-9-17)16-29-23(27(31)32-2)15-21-13-12-20-14-22(19-6-4-3-5-7-19)26(30)28-24(20)25(21)29;4*1-3-2/h4-11,14-16H,3,12-13,17H2,1-2H3,(H,29,31);4-12,15-16H,3,13-14,17H2,1-2H3,(H,29,31);3-9,12-15H,2,10-11,16H2,1H3,(H,29,31);3-11,14-15H,12-13,16H2,1-2H3,(H,28,30);;;;. The van der Waals surface area contributed by atoms with Crippen LogP contribution < -0.4 is 22.2 Å². The van der Waals surface area contributed by atoms with Gasteiger partial charge < -0.3 is 57.2 Å². The Labute approximate surface area is 841 Å². The Morgan fingerprint density at radius 1 is 0.301 bits per heavy atom. The molecule has 730 valence electrons. The maximum atomic E-state index is 13.1. The molecule has 0 spiro atoms. The number of esters is 4. The summed E-state index contributed by atoms with van der Waals surface area (Å²) in [6.07, 6.45) is 6.37. The van der Waals surface area contributed by atoms with Crippen molar-refractivity contribution >= 4 is 81.8 Å². The van der Waals surface area contributed by atoms with Gasteiger partial charge in [-0.3, -0.25) is 19.2 Å². The van der Waals surface area contributed by atoms with Crippen molar-refractivity contribution in [1.82, 2.24) is 38.2 Å². The highest BCUT2D eigenvalue weighted by Crippen LogP contribution is 2.42. The van der Waals surface area contributed by atoms with Gasteiger partial charge in [-0.25, -0.2) is 19.2 Å². The summed E-state index contributed by atoms with van der Waals surface area (Å²) in [6, 6.07) is 86.6. The lowest BCUT2D eigenvalue weighted by Crippen LogP contribution is -2.19. The molecule has 4 N–H and O–H groups in total. The summed E-state index contributed by atoms with van der Waals surface area (Å²) >= 11 is 3.06. The molecule has 0 amide bonds. The normalized spacial score (nSPS) is 11.5. The number of rotatable bonds is 19. The van der Waals surface area contributed by atoms with Gasteiger partial charge in [-0.05, 0) is 248 Å². The number of methoxy groups -OCH3 is 1. The second kappa shape index (κ2) is 49.8. The fraction of sp³-hybridized carbons (Fsp3) is 0.200. The molecule has 8 aromatic heterocycles. The first-order valence-electron chi connectivity index (χ1n) is 45.7. The van der Waals surface area contributed by atoms with E-state index in [-0.39, 0.29) is 46.1 Å². The van der Waals surface area contributed by atoms with Crippen molar-refractivity contribution < 1.29 is 71.8 Å². The summed E-state index contributed by atoms with van der Waals surface area (Å²) in [6.45, 7) is 14.5. The highest BCUT2D eigenvalue weighted by molar-refractivity contribution is 7.52. The van der Waals surface area contributed by atoms with Gasteiger partial charge in [-0.15, -0.1) is 0 Å². The van der Waals surface area contributed by atoms with Crippen LogP contribution in [0.25, 0.3) is 90.1 Å². The first kappa shape index (κ1) is 104. The minimum atomic E-state index is -0.750. The minimum absolute atomic E-state index is 0.130. The second-order valence-corrected chi connectivity index (χ2v) is 34.5. The Morgan fingerprint density at radius 2 is 0.573 bits per heavy atom. The molecule has 16 aromatic rings. The summed E-state index contributed by atoms with van der Waals surface area (Å²) in [5.41, 5.74) is 30.7. The molecule has 0 radical (unpaired) electrons. The number of nitrogens with one attached hydrogen (secondary N) is 4. The number of fused-ring (bicyclic) bond motifs is 12. The molecule has 33 heteroatoms. The van der Waals surface area contributed by atoms with Gasteiger partial charge in [0.25, 0.3) is 22.2 Å². The summed E-state index contributed by atoms with van der Waals surface area (Å²) in [5, 5.41) is 0.655.